The molecular weight excluding hydrogens is 524 g/mol. The van der Waals surface area contributed by atoms with Gasteiger partial charge in [0.15, 0.2) is 6.10 Å². The normalized spacial score (nSPS) is 45.9. The van der Waals surface area contributed by atoms with Crippen molar-refractivity contribution in [1.82, 2.24) is 0 Å². The van der Waals surface area contributed by atoms with Gasteiger partial charge < -0.3 is 33.5 Å². The van der Waals surface area contributed by atoms with Crippen molar-refractivity contribution in [2.24, 2.45) is 23.7 Å². The van der Waals surface area contributed by atoms with Crippen LogP contribution < -0.4 is 0 Å². The Kier molecular flexibility index (Phi) is 7.86. The zero-order valence-corrected chi connectivity index (χ0v) is 25.0. The molecule has 3 saturated heterocycles. The molecule has 0 unspecified atom stereocenters. The van der Waals surface area contributed by atoms with Crippen LogP contribution in [-0.2, 0) is 47.6 Å². The standard InChI is InChI=1S/C29H44O11/c1-14(2)20-21-23(29(13-35-29)25(38-17(5)32)22(20)37-16(4)31)28(9)12-26(7,34)19(36-15(3)30)10-11-27(8,24(21)40-28)39-18(6)33/h14,19-25,34H,10-13H2,1-9H3/t19-,20+,21+,22-,23-,24+,25-,26-,27+,28+,29+/m0/s1. The lowest BCUT2D eigenvalue weighted by Crippen LogP contribution is -2.66. The van der Waals surface area contributed by atoms with Crippen LogP contribution in [0.15, 0.2) is 0 Å². The third kappa shape index (κ3) is 5.25. The van der Waals surface area contributed by atoms with E-state index < -0.39 is 76.6 Å². The van der Waals surface area contributed by atoms with E-state index in [9.17, 15) is 24.3 Å². The zero-order chi connectivity index (χ0) is 30.0. The average Bonchev–Trinajstić information content (AvgIpc) is 3.48. The van der Waals surface area contributed by atoms with Crippen LogP contribution >= 0.6 is 0 Å². The monoisotopic (exact) mass is 568 g/mol. The lowest BCUT2D eigenvalue weighted by atomic mass is 9.53. The molecule has 1 aliphatic carbocycles. The first-order chi connectivity index (χ1) is 18.4. The maximum atomic E-state index is 12.5. The van der Waals surface area contributed by atoms with Gasteiger partial charge in [-0.25, -0.2) is 0 Å². The van der Waals surface area contributed by atoms with Crippen molar-refractivity contribution in [1.29, 1.82) is 0 Å². The summed E-state index contributed by atoms with van der Waals surface area (Å²) < 4.78 is 36.5. The van der Waals surface area contributed by atoms with E-state index in [1.807, 2.05) is 20.8 Å². The second-order valence-corrected chi connectivity index (χ2v) is 13.2. The molecule has 0 amide bonds. The van der Waals surface area contributed by atoms with Crippen LogP contribution in [-0.4, -0.2) is 82.4 Å². The first kappa shape index (κ1) is 30.7. The molecule has 0 aromatic carbocycles. The number of esters is 4. The molecule has 0 aromatic rings. The quantitative estimate of drug-likeness (QED) is 0.296. The van der Waals surface area contributed by atoms with E-state index in [4.69, 9.17) is 28.4 Å². The van der Waals surface area contributed by atoms with Gasteiger partial charge >= 0.3 is 23.9 Å². The number of epoxide rings is 1. The summed E-state index contributed by atoms with van der Waals surface area (Å²) in [6.45, 7) is 14.7. The van der Waals surface area contributed by atoms with Crippen molar-refractivity contribution < 1.29 is 52.7 Å². The minimum atomic E-state index is -1.52. The van der Waals surface area contributed by atoms with Crippen LogP contribution in [0, 0.1) is 23.7 Å². The Labute approximate surface area is 235 Å². The lowest BCUT2D eigenvalue weighted by molar-refractivity contribution is -0.209. The van der Waals surface area contributed by atoms with E-state index in [2.05, 4.69) is 0 Å². The Bertz CT molecular complexity index is 1050. The van der Waals surface area contributed by atoms with Crippen molar-refractivity contribution in [2.75, 3.05) is 6.61 Å². The SMILES string of the molecule is CC(=O)O[C@H]1[C@H](C(C)C)[C@H]2[C@H]3O[C@](C)(C[C@](C)(O)[C@@H](OC(C)=O)CC[C@@]3(C)OC(C)=O)[C@H]2[C@]2(CO2)[C@H]1OC(C)=O. The summed E-state index contributed by atoms with van der Waals surface area (Å²) >= 11 is 0. The van der Waals surface area contributed by atoms with E-state index in [1.54, 1.807) is 13.8 Å². The van der Waals surface area contributed by atoms with Gasteiger partial charge in [0, 0.05) is 51.9 Å². The second-order valence-electron chi connectivity index (χ2n) is 13.2. The van der Waals surface area contributed by atoms with E-state index in [0.717, 1.165) is 0 Å². The largest absolute Gasteiger partial charge is 0.460 e. The number of hydrogen-bond donors (Lipinski definition) is 1. The molecule has 0 radical (unpaired) electrons. The van der Waals surface area contributed by atoms with Gasteiger partial charge in [0.25, 0.3) is 0 Å². The van der Waals surface area contributed by atoms with Gasteiger partial charge in [-0.2, -0.15) is 0 Å². The van der Waals surface area contributed by atoms with E-state index in [0.29, 0.717) is 0 Å². The highest BCUT2D eigenvalue weighted by Gasteiger charge is 2.79. The van der Waals surface area contributed by atoms with Crippen LogP contribution in [0.5, 0.6) is 0 Å². The minimum absolute atomic E-state index is 0.0622. The fourth-order valence-electron chi connectivity index (χ4n) is 8.30. The van der Waals surface area contributed by atoms with Gasteiger partial charge in [-0.1, -0.05) is 13.8 Å². The lowest BCUT2D eigenvalue weighted by Gasteiger charge is -2.53. The van der Waals surface area contributed by atoms with Crippen LogP contribution in [0.1, 0.15) is 81.6 Å². The molecule has 2 bridgehead atoms. The summed E-state index contributed by atoms with van der Waals surface area (Å²) in [5.41, 5.74) is -4.86. The number of carbonyl (C=O) groups is 4. The maximum Gasteiger partial charge on any atom is 0.303 e. The summed E-state index contributed by atoms with van der Waals surface area (Å²) in [4.78, 5) is 49.3. The molecule has 11 heteroatoms. The number of aliphatic hydroxyl groups is 1. The fourth-order valence-corrected chi connectivity index (χ4v) is 8.30. The predicted octanol–water partition coefficient (Wildman–Crippen LogP) is 2.48. The third-order valence-corrected chi connectivity index (χ3v) is 9.35. The van der Waals surface area contributed by atoms with Crippen molar-refractivity contribution in [2.45, 2.75) is 128 Å². The zero-order valence-electron chi connectivity index (χ0n) is 25.0. The smallest absolute Gasteiger partial charge is 0.303 e. The van der Waals surface area contributed by atoms with Crippen molar-refractivity contribution in [3.05, 3.63) is 0 Å². The van der Waals surface area contributed by atoms with Crippen LogP contribution in [0.4, 0.5) is 0 Å². The Morgan fingerprint density at radius 3 is 1.95 bits per heavy atom. The van der Waals surface area contributed by atoms with E-state index >= 15 is 0 Å². The Morgan fingerprint density at radius 2 is 1.48 bits per heavy atom. The minimum Gasteiger partial charge on any atom is -0.460 e. The summed E-state index contributed by atoms with van der Waals surface area (Å²) in [6, 6.07) is 0. The van der Waals surface area contributed by atoms with Gasteiger partial charge in [0.05, 0.1) is 12.2 Å². The number of fused-ring (bicyclic) bond motifs is 6. The molecule has 3 heterocycles. The molecule has 4 aliphatic rings. The van der Waals surface area contributed by atoms with Crippen LogP contribution in [0.25, 0.3) is 0 Å². The van der Waals surface area contributed by atoms with Crippen LogP contribution in [0.2, 0.25) is 0 Å². The summed E-state index contributed by atoms with van der Waals surface area (Å²) in [7, 11) is 0. The molecular formula is C29H44O11. The number of carbonyl (C=O) groups excluding carboxylic acids is 4. The van der Waals surface area contributed by atoms with Crippen molar-refractivity contribution in [3.63, 3.8) is 0 Å². The molecule has 4 fully saturated rings. The Hall–Kier alpha value is -2.24. The summed E-state index contributed by atoms with van der Waals surface area (Å²) in [5, 5.41) is 11.8. The molecule has 1 spiro atoms. The molecule has 1 N–H and O–H groups in total. The van der Waals surface area contributed by atoms with Crippen LogP contribution in [0.3, 0.4) is 0 Å². The molecule has 226 valence electrons. The van der Waals surface area contributed by atoms with Gasteiger partial charge in [-0.05, 0) is 39.5 Å². The van der Waals surface area contributed by atoms with Gasteiger partial charge in [-0.15, -0.1) is 0 Å². The van der Waals surface area contributed by atoms with E-state index in [-0.39, 0.29) is 43.6 Å². The summed E-state index contributed by atoms with van der Waals surface area (Å²) in [6.07, 6.45) is -2.82. The highest BCUT2D eigenvalue weighted by Crippen LogP contribution is 2.66. The number of ether oxygens (including phenoxy) is 6. The molecule has 1 saturated carbocycles. The van der Waals surface area contributed by atoms with E-state index in [1.165, 1.54) is 27.7 Å². The summed E-state index contributed by atoms with van der Waals surface area (Å²) in [5.74, 6) is -3.36. The van der Waals surface area contributed by atoms with Gasteiger partial charge in [0.1, 0.15) is 35.1 Å². The van der Waals surface area contributed by atoms with Crippen molar-refractivity contribution in [3.8, 4) is 0 Å². The number of hydrogen-bond acceptors (Lipinski definition) is 11. The number of rotatable bonds is 5. The van der Waals surface area contributed by atoms with Gasteiger partial charge in [-0.3, -0.25) is 19.2 Å². The first-order valence-electron chi connectivity index (χ1n) is 14.1. The first-order valence-corrected chi connectivity index (χ1v) is 14.1. The second kappa shape index (κ2) is 10.2. The van der Waals surface area contributed by atoms with Crippen molar-refractivity contribution >= 4 is 23.9 Å². The Balaban J connectivity index is 1.95. The molecule has 0 aromatic heterocycles. The third-order valence-electron chi connectivity index (χ3n) is 9.35. The topological polar surface area (TPSA) is 147 Å². The molecule has 11 atom stereocenters. The Morgan fingerprint density at radius 1 is 0.900 bits per heavy atom. The van der Waals surface area contributed by atoms with Gasteiger partial charge in [0.2, 0.25) is 0 Å². The molecule has 3 aliphatic heterocycles. The molecule has 40 heavy (non-hydrogen) atoms. The maximum absolute atomic E-state index is 12.5. The predicted molar refractivity (Wildman–Crippen MR) is 139 cm³/mol. The highest BCUT2D eigenvalue weighted by atomic mass is 16.7. The molecule has 4 rings (SSSR count). The average molecular weight is 569 g/mol. The highest BCUT2D eigenvalue weighted by molar-refractivity contribution is 5.68. The molecule has 11 nitrogen and oxygen atoms in total. The fraction of sp³-hybridized carbons (Fsp3) is 0.862.